The fraction of sp³-hybridized carbons (Fsp3) is 0.0769. The number of rotatable bonds is 3. The molecule has 1 aromatic carbocycles. The number of nitrogens with zero attached hydrogens (tertiary/aromatic N) is 1. The number of aromatic nitrogens is 1. The highest BCUT2D eigenvalue weighted by molar-refractivity contribution is 6.33. The Balaban J connectivity index is 2.28. The zero-order chi connectivity index (χ0) is 13.8. The summed E-state index contributed by atoms with van der Waals surface area (Å²) in [7, 11) is 1.48. The van der Waals surface area contributed by atoms with Gasteiger partial charge in [0.15, 0.2) is 5.82 Å². The Morgan fingerprint density at radius 1 is 1.42 bits per heavy atom. The predicted molar refractivity (Wildman–Crippen MR) is 71.9 cm³/mol. The van der Waals surface area contributed by atoms with Gasteiger partial charge in [-0.3, -0.25) is 4.79 Å². The van der Waals surface area contributed by atoms with Crippen molar-refractivity contribution in [3.05, 3.63) is 47.1 Å². The molecule has 1 heterocycles. The van der Waals surface area contributed by atoms with Crippen molar-refractivity contribution >= 4 is 23.3 Å². The zero-order valence-corrected chi connectivity index (χ0v) is 10.8. The molecule has 0 saturated carbocycles. The maximum atomic E-state index is 12.0. The van der Waals surface area contributed by atoms with Crippen molar-refractivity contribution in [1.29, 1.82) is 0 Å². The van der Waals surface area contributed by atoms with E-state index in [9.17, 15) is 9.90 Å². The number of anilines is 1. The normalized spacial score (nSPS) is 10.0. The fourth-order valence-corrected chi connectivity index (χ4v) is 1.65. The van der Waals surface area contributed by atoms with E-state index in [4.69, 9.17) is 16.3 Å². The van der Waals surface area contributed by atoms with Crippen molar-refractivity contribution < 1.29 is 14.6 Å². The molecular weight excluding hydrogens is 268 g/mol. The fourth-order valence-electron chi connectivity index (χ4n) is 1.48. The Morgan fingerprint density at radius 3 is 2.89 bits per heavy atom. The summed E-state index contributed by atoms with van der Waals surface area (Å²) in [5.74, 6) is 0.0359. The Bertz CT molecular complexity index is 617. The van der Waals surface area contributed by atoms with Gasteiger partial charge in [0.25, 0.3) is 5.91 Å². The number of aromatic hydroxyl groups is 1. The lowest BCUT2D eigenvalue weighted by atomic mass is 10.1. The van der Waals surface area contributed by atoms with Gasteiger partial charge >= 0.3 is 0 Å². The van der Waals surface area contributed by atoms with Crippen LogP contribution in [0.25, 0.3) is 0 Å². The number of benzene rings is 1. The highest BCUT2D eigenvalue weighted by Crippen LogP contribution is 2.25. The standard InChI is InChI=1S/C13H11ClN2O3/c1-19-8-4-5-11(17)9(7-8)13(18)16-12-10(14)3-2-6-15-12/h2-7,17H,1H3,(H,15,16,18). The van der Waals surface area contributed by atoms with Crippen molar-refractivity contribution in [3.63, 3.8) is 0 Å². The zero-order valence-electron chi connectivity index (χ0n) is 10.1. The van der Waals surface area contributed by atoms with Crippen molar-refractivity contribution in [2.75, 3.05) is 12.4 Å². The molecule has 19 heavy (non-hydrogen) atoms. The van der Waals surface area contributed by atoms with Crippen LogP contribution in [0.4, 0.5) is 5.82 Å². The highest BCUT2D eigenvalue weighted by Gasteiger charge is 2.14. The second-order valence-electron chi connectivity index (χ2n) is 3.67. The van der Waals surface area contributed by atoms with Crippen molar-refractivity contribution in [2.24, 2.45) is 0 Å². The van der Waals surface area contributed by atoms with Crippen LogP contribution in [0.1, 0.15) is 10.4 Å². The lowest BCUT2D eigenvalue weighted by molar-refractivity contribution is 0.102. The highest BCUT2D eigenvalue weighted by atomic mass is 35.5. The molecule has 6 heteroatoms. The molecule has 0 spiro atoms. The van der Waals surface area contributed by atoms with Crippen LogP contribution in [0.2, 0.25) is 5.02 Å². The molecule has 0 fully saturated rings. The first-order valence-electron chi connectivity index (χ1n) is 5.40. The molecule has 0 aliphatic rings. The number of amides is 1. The second kappa shape index (κ2) is 5.58. The van der Waals surface area contributed by atoms with Gasteiger partial charge in [-0.2, -0.15) is 0 Å². The Morgan fingerprint density at radius 2 is 2.21 bits per heavy atom. The summed E-state index contributed by atoms with van der Waals surface area (Å²) in [5.41, 5.74) is 0.0843. The summed E-state index contributed by atoms with van der Waals surface area (Å²) < 4.78 is 5.00. The molecular formula is C13H11ClN2O3. The van der Waals surface area contributed by atoms with Crippen LogP contribution in [0.15, 0.2) is 36.5 Å². The molecule has 0 radical (unpaired) electrons. The summed E-state index contributed by atoms with van der Waals surface area (Å²) in [6.07, 6.45) is 1.51. The predicted octanol–water partition coefficient (Wildman–Crippen LogP) is 2.70. The third kappa shape index (κ3) is 2.95. The minimum absolute atomic E-state index is 0.0843. The number of hydrogen-bond acceptors (Lipinski definition) is 4. The molecule has 0 atom stereocenters. The number of pyridine rings is 1. The summed E-state index contributed by atoms with van der Waals surface area (Å²) in [6.45, 7) is 0. The van der Waals surface area contributed by atoms with Crippen LogP contribution < -0.4 is 10.1 Å². The van der Waals surface area contributed by atoms with E-state index in [1.165, 1.54) is 25.4 Å². The maximum Gasteiger partial charge on any atom is 0.260 e. The molecule has 2 N–H and O–H groups in total. The summed E-state index contributed by atoms with van der Waals surface area (Å²) in [6, 6.07) is 7.63. The van der Waals surface area contributed by atoms with E-state index in [1.54, 1.807) is 18.2 Å². The molecule has 0 aliphatic carbocycles. The van der Waals surface area contributed by atoms with Gasteiger partial charge in [-0.05, 0) is 30.3 Å². The molecule has 2 rings (SSSR count). The number of phenols is 1. The topological polar surface area (TPSA) is 71.5 Å². The molecule has 0 aliphatic heterocycles. The quantitative estimate of drug-likeness (QED) is 0.905. The van der Waals surface area contributed by atoms with Gasteiger partial charge in [0.05, 0.1) is 17.7 Å². The van der Waals surface area contributed by atoms with E-state index in [0.717, 1.165) is 0 Å². The molecule has 5 nitrogen and oxygen atoms in total. The van der Waals surface area contributed by atoms with E-state index in [0.29, 0.717) is 10.8 Å². The molecule has 2 aromatic rings. The number of carbonyl (C=O) groups excluding carboxylic acids is 1. The Labute approximate surface area is 114 Å². The van der Waals surface area contributed by atoms with E-state index in [1.807, 2.05) is 0 Å². The monoisotopic (exact) mass is 278 g/mol. The van der Waals surface area contributed by atoms with Gasteiger partial charge in [0, 0.05) is 6.20 Å². The van der Waals surface area contributed by atoms with Crippen LogP contribution >= 0.6 is 11.6 Å². The maximum absolute atomic E-state index is 12.0. The van der Waals surface area contributed by atoms with E-state index in [-0.39, 0.29) is 17.1 Å². The Hall–Kier alpha value is -2.27. The summed E-state index contributed by atoms with van der Waals surface area (Å²) in [5, 5.41) is 12.5. The van der Waals surface area contributed by atoms with Crippen LogP contribution in [0.5, 0.6) is 11.5 Å². The van der Waals surface area contributed by atoms with Gasteiger partial charge < -0.3 is 15.2 Å². The third-order valence-electron chi connectivity index (χ3n) is 2.44. The minimum Gasteiger partial charge on any atom is -0.507 e. The molecule has 98 valence electrons. The number of carbonyl (C=O) groups is 1. The number of ether oxygens (including phenoxy) is 1. The lowest BCUT2D eigenvalue weighted by Gasteiger charge is -2.08. The van der Waals surface area contributed by atoms with Crippen molar-refractivity contribution in [1.82, 2.24) is 4.98 Å². The smallest absolute Gasteiger partial charge is 0.260 e. The molecule has 1 aromatic heterocycles. The number of hydrogen-bond donors (Lipinski definition) is 2. The molecule has 0 bridgehead atoms. The molecule has 1 amide bonds. The van der Waals surface area contributed by atoms with Crippen molar-refractivity contribution in [2.45, 2.75) is 0 Å². The van der Waals surface area contributed by atoms with E-state index >= 15 is 0 Å². The van der Waals surface area contributed by atoms with Crippen LogP contribution in [0, 0.1) is 0 Å². The Kier molecular flexibility index (Phi) is 3.87. The molecule has 0 unspecified atom stereocenters. The first kappa shape index (κ1) is 13.2. The average molecular weight is 279 g/mol. The summed E-state index contributed by atoms with van der Waals surface area (Å²) in [4.78, 5) is 16.0. The second-order valence-corrected chi connectivity index (χ2v) is 4.08. The SMILES string of the molecule is COc1ccc(O)c(C(=O)Nc2ncccc2Cl)c1. The minimum atomic E-state index is -0.517. The van der Waals surface area contributed by atoms with Crippen LogP contribution in [-0.2, 0) is 0 Å². The van der Waals surface area contributed by atoms with Gasteiger partial charge in [-0.15, -0.1) is 0 Å². The van der Waals surface area contributed by atoms with Gasteiger partial charge in [-0.1, -0.05) is 11.6 Å². The van der Waals surface area contributed by atoms with Crippen LogP contribution in [-0.4, -0.2) is 23.1 Å². The number of methoxy groups -OCH3 is 1. The largest absolute Gasteiger partial charge is 0.507 e. The number of nitrogens with one attached hydrogen (secondary N) is 1. The third-order valence-corrected chi connectivity index (χ3v) is 2.74. The number of phenolic OH excluding ortho intramolecular Hbond substituents is 1. The number of halogens is 1. The lowest BCUT2D eigenvalue weighted by Crippen LogP contribution is -2.13. The van der Waals surface area contributed by atoms with E-state index in [2.05, 4.69) is 10.3 Å². The van der Waals surface area contributed by atoms with Crippen LogP contribution in [0.3, 0.4) is 0 Å². The van der Waals surface area contributed by atoms with Gasteiger partial charge in [0.2, 0.25) is 0 Å². The van der Waals surface area contributed by atoms with Crippen molar-refractivity contribution in [3.8, 4) is 11.5 Å². The summed E-state index contributed by atoms with van der Waals surface area (Å²) >= 11 is 5.89. The first-order valence-corrected chi connectivity index (χ1v) is 5.78. The molecule has 0 saturated heterocycles. The van der Waals surface area contributed by atoms with Gasteiger partial charge in [0.1, 0.15) is 11.5 Å². The first-order chi connectivity index (χ1) is 9.11. The van der Waals surface area contributed by atoms with Gasteiger partial charge in [-0.25, -0.2) is 4.98 Å². The van der Waals surface area contributed by atoms with E-state index < -0.39 is 5.91 Å². The average Bonchev–Trinajstić information content (AvgIpc) is 2.42.